The molecule has 0 spiro atoms. The Kier molecular flexibility index (Phi) is 5.06. The number of hydrogen-bond donors (Lipinski definition) is 1. The first-order valence-corrected chi connectivity index (χ1v) is 7.30. The number of rotatable bonds is 6. The van der Waals surface area contributed by atoms with Gasteiger partial charge in [-0.1, -0.05) is 26.0 Å². The Balaban J connectivity index is 1.76. The lowest BCUT2D eigenvalue weighted by molar-refractivity contribution is 0.537. The van der Waals surface area contributed by atoms with Crippen molar-refractivity contribution in [1.82, 2.24) is 5.32 Å². The van der Waals surface area contributed by atoms with E-state index in [1.807, 2.05) is 0 Å². The molecule has 1 aliphatic rings. The Bertz CT molecular complexity index is 337. The van der Waals surface area contributed by atoms with Crippen LogP contribution in [-0.4, -0.2) is 19.6 Å². The summed E-state index contributed by atoms with van der Waals surface area (Å²) < 4.78 is 0. The molecular formula is C16H26N2. The maximum atomic E-state index is 3.51. The van der Waals surface area contributed by atoms with Crippen LogP contribution in [0.2, 0.25) is 0 Å². The van der Waals surface area contributed by atoms with Gasteiger partial charge >= 0.3 is 0 Å². The fraction of sp³-hybridized carbons (Fsp3) is 0.625. The second-order valence-corrected chi connectivity index (χ2v) is 5.72. The van der Waals surface area contributed by atoms with Gasteiger partial charge < -0.3 is 10.2 Å². The van der Waals surface area contributed by atoms with Crippen LogP contribution in [0.1, 0.15) is 38.7 Å². The predicted octanol–water partition coefficient (Wildman–Crippen LogP) is 3.42. The monoisotopic (exact) mass is 246 g/mol. The minimum atomic E-state index is 0.787. The topological polar surface area (TPSA) is 15.3 Å². The molecule has 2 rings (SSSR count). The fourth-order valence-electron chi connectivity index (χ4n) is 2.42. The van der Waals surface area contributed by atoms with Gasteiger partial charge in [0.25, 0.3) is 0 Å². The van der Waals surface area contributed by atoms with Crippen molar-refractivity contribution >= 4 is 5.69 Å². The molecule has 0 atom stereocenters. The van der Waals surface area contributed by atoms with E-state index in [4.69, 9.17) is 0 Å². The van der Waals surface area contributed by atoms with Crippen molar-refractivity contribution in [3.63, 3.8) is 0 Å². The summed E-state index contributed by atoms with van der Waals surface area (Å²) in [5, 5.41) is 3.51. The van der Waals surface area contributed by atoms with Crippen LogP contribution in [0.15, 0.2) is 24.3 Å². The number of nitrogens with zero attached hydrogens (tertiary/aromatic N) is 1. The zero-order valence-electron chi connectivity index (χ0n) is 11.8. The van der Waals surface area contributed by atoms with Gasteiger partial charge in [0.05, 0.1) is 0 Å². The quantitative estimate of drug-likeness (QED) is 0.774. The summed E-state index contributed by atoms with van der Waals surface area (Å²) in [4.78, 5) is 2.48. The molecule has 1 heterocycles. The highest BCUT2D eigenvalue weighted by atomic mass is 15.1. The molecule has 0 amide bonds. The van der Waals surface area contributed by atoms with E-state index in [-0.39, 0.29) is 0 Å². The van der Waals surface area contributed by atoms with Crippen LogP contribution in [0.3, 0.4) is 0 Å². The summed E-state index contributed by atoms with van der Waals surface area (Å²) in [5.74, 6) is 0.787. The number of anilines is 1. The molecule has 1 N–H and O–H groups in total. The Labute approximate surface area is 111 Å². The van der Waals surface area contributed by atoms with E-state index in [0.717, 1.165) is 19.0 Å². The Morgan fingerprint density at radius 1 is 1.11 bits per heavy atom. The SMILES string of the molecule is CC(C)CCNCc1ccc(N2CCCC2)cc1. The van der Waals surface area contributed by atoms with E-state index in [9.17, 15) is 0 Å². The van der Waals surface area contributed by atoms with Crippen molar-refractivity contribution in [3.05, 3.63) is 29.8 Å². The molecule has 1 fully saturated rings. The molecular weight excluding hydrogens is 220 g/mol. The maximum Gasteiger partial charge on any atom is 0.0366 e. The molecule has 1 aliphatic heterocycles. The van der Waals surface area contributed by atoms with Crippen molar-refractivity contribution in [3.8, 4) is 0 Å². The number of hydrogen-bond acceptors (Lipinski definition) is 2. The predicted molar refractivity (Wildman–Crippen MR) is 79.1 cm³/mol. The van der Waals surface area contributed by atoms with Crippen LogP contribution >= 0.6 is 0 Å². The minimum absolute atomic E-state index is 0.787. The molecule has 0 unspecified atom stereocenters. The van der Waals surface area contributed by atoms with E-state index in [0.29, 0.717) is 0 Å². The molecule has 0 saturated carbocycles. The summed E-state index contributed by atoms with van der Waals surface area (Å²) in [6.07, 6.45) is 3.95. The van der Waals surface area contributed by atoms with Gasteiger partial charge in [-0.25, -0.2) is 0 Å². The van der Waals surface area contributed by atoms with Gasteiger partial charge in [0.2, 0.25) is 0 Å². The van der Waals surface area contributed by atoms with Crippen molar-refractivity contribution in [1.29, 1.82) is 0 Å². The first kappa shape index (κ1) is 13.4. The molecule has 2 heteroatoms. The Morgan fingerprint density at radius 3 is 2.39 bits per heavy atom. The third kappa shape index (κ3) is 4.02. The van der Waals surface area contributed by atoms with E-state index in [1.165, 1.54) is 43.6 Å². The molecule has 1 aromatic carbocycles. The Morgan fingerprint density at radius 2 is 1.78 bits per heavy atom. The molecule has 1 aromatic rings. The molecule has 100 valence electrons. The average Bonchev–Trinajstić information content (AvgIpc) is 2.89. The zero-order chi connectivity index (χ0) is 12.8. The third-order valence-corrected chi connectivity index (χ3v) is 3.64. The standard InChI is InChI=1S/C16H26N2/c1-14(2)9-10-17-13-15-5-7-16(8-6-15)18-11-3-4-12-18/h5-8,14,17H,3-4,9-13H2,1-2H3. The molecule has 2 nitrogen and oxygen atoms in total. The highest BCUT2D eigenvalue weighted by Crippen LogP contribution is 2.20. The van der Waals surface area contributed by atoms with Gasteiger partial charge in [-0.2, -0.15) is 0 Å². The van der Waals surface area contributed by atoms with E-state index in [1.54, 1.807) is 0 Å². The number of benzene rings is 1. The summed E-state index contributed by atoms with van der Waals surface area (Å²) in [5.41, 5.74) is 2.78. The van der Waals surface area contributed by atoms with Crippen LogP contribution in [0.25, 0.3) is 0 Å². The fourth-order valence-corrected chi connectivity index (χ4v) is 2.42. The first-order chi connectivity index (χ1) is 8.75. The van der Waals surface area contributed by atoms with Gasteiger partial charge in [-0.15, -0.1) is 0 Å². The largest absolute Gasteiger partial charge is 0.372 e. The second kappa shape index (κ2) is 6.79. The molecule has 1 saturated heterocycles. The van der Waals surface area contributed by atoms with Crippen molar-refractivity contribution < 1.29 is 0 Å². The van der Waals surface area contributed by atoms with Crippen LogP contribution in [-0.2, 0) is 6.54 Å². The van der Waals surface area contributed by atoms with Gasteiger partial charge in [-0.3, -0.25) is 0 Å². The van der Waals surface area contributed by atoms with Crippen molar-refractivity contribution in [2.45, 2.75) is 39.7 Å². The van der Waals surface area contributed by atoms with E-state index < -0.39 is 0 Å². The van der Waals surface area contributed by atoms with Crippen molar-refractivity contribution in [2.24, 2.45) is 5.92 Å². The molecule has 0 aromatic heterocycles. The van der Waals surface area contributed by atoms with Crippen LogP contribution in [0.5, 0.6) is 0 Å². The molecule has 18 heavy (non-hydrogen) atoms. The van der Waals surface area contributed by atoms with E-state index in [2.05, 4.69) is 48.3 Å². The summed E-state index contributed by atoms with van der Waals surface area (Å²) in [7, 11) is 0. The third-order valence-electron chi connectivity index (χ3n) is 3.64. The van der Waals surface area contributed by atoms with Gasteiger partial charge in [0, 0.05) is 25.3 Å². The Hall–Kier alpha value is -1.02. The summed E-state index contributed by atoms with van der Waals surface area (Å²) in [6, 6.07) is 9.06. The number of nitrogens with one attached hydrogen (secondary N) is 1. The van der Waals surface area contributed by atoms with Crippen LogP contribution in [0, 0.1) is 5.92 Å². The first-order valence-electron chi connectivity index (χ1n) is 7.30. The van der Waals surface area contributed by atoms with E-state index >= 15 is 0 Å². The van der Waals surface area contributed by atoms with Crippen molar-refractivity contribution in [2.75, 3.05) is 24.5 Å². The highest BCUT2D eigenvalue weighted by Gasteiger charge is 2.11. The molecule has 0 aliphatic carbocycles. The minimum Gasteiger partial charge on any atom is -0.372 e. The van der Waals surface area contributed by atoms with Crippen LogP contribution in [0.4, 0.5) is 5.69 Å². The van der Waals surface area contributed by atoms with Gasteiger partial charge in [-0.05, 0) is 49.4 Å². The van der Waals surface area contributed by atoms with Crippen LogP contribution < -0.4 is 10.2 Å². The van der Waals surface area contributed by atoms with Gasteiger partial charge in [0.1, 0.15) is 0 Å². The lowest BCUT2D eigenvalue weighted by Crippen LogP contribution is -2.18. The zero-order valence-corrected chi connectivity index (χ0v) is 11.8. The average molecular weight is 246 g/mol. The lowest BCUT2D eigenvalue weighted by atomic mass is 10.1. The van der Waals surface area contributed by atoms with Gasteiger partial charge in [0.15, 0.2) is 0 Å². The summed E-state index contributed by atoms with van der Waals surface area (Å²) >= 11 is 0. The second-order valence-electron chi connectivity index (χ2n) is 5.72. The molecule has 0 bridgehead atoms. The highest BCUT2D eigenvalue weighted by molar-refractivity contribution is 5.48. The normalized spacial score (nSPS) is 15.6. The summed E-state index contributed by atoms with van der Waals surface area (Å²) in [6.45, 7) is 9.11. The smallest absolute Gasteiger partial charge is 0.0366 e. The molecule has 0 radical (unpaired) electrons. The maximum absolute atomic E-state index is 3.51. The lowest BCUT2D eigenvalue weighted by Gasteiger charge is -2.17.